The molecular weight excluding hydrogens is 515 g/mol. The lowest BCUT2D eigenvalue weighted by molar-refractivity contribution is -0.129. The molecule has 1 unspecified atom stereocenters. The third kappa shape index (κ3) is 5.65. The Morgan fingerprint density at radius 2 is 1.67 bits per heavy atom. The first-order valence-electron chi connectivity index (χ1n) is 10.6. The molecule has 0 radical (unpaired) electrons. The highest BCUT2D eigenvalue weighted by Crippen LogP contribution is 2.60. The molecule has 0 spiro atoms. The van der Waals surface area contributed by atoms with Crippen molar-refractivity contribution in [2.45, 2.75) is 25.2 Å². The van der Waals surface area contributed by atoms with Gasteiger partial charge in [-0.25, -0.2) is 0 Å². The maximum atomic E-state index is 14.2. The van der Waals surface area contributed by atoms with Crippen LogP contribution in [0.5, 0.6) is 5.75 Å². The molecule has 3 rings (SSSR count). The number of nitrogens with zero attached hydrogens (tertiary/aromatic N) is 1. The van der Waals surface area contributed by atoms with Crippen LogP contribution in [-0.4, -0.2) is 33.5 Å². The van der Waals surface area contributed by atoms with Crippen LogP contribution in [0.4, 0.5) is 8.78 Å². The van der Waals surface area contributed by atoms with Crippen LogP contribution in [0.25, 0.3) is 0 Å². The molecule has 2 N–H and O–H groups in total. The number of ketones is 1. The molecule has 0 aliphatic heterocycles. The molecule has 0 saturated carbocycles. The molecule has 1 amide bonds. The van der Waals surface area contributed by atoms with E-state index < -0.39 is 41.6 Å². The van der Waals surface area contributed by atoms with Crippen LogP contribution in [0.2, 0.25) is 5.02 Å². The van der Waals surface area contributed by atoms with Crippen molar-refractivity contribution in [3.05, 3.63) is 100 Å². The van der Waals surface area contributed by atoms with Crippen molar-refractivity contribution in [3.8, 4) is 5.75 Å². The summed E-state index contributed by atoms with van der Waals surface area (Å²) in [5, 5.41) is -0.586. The predicted octanol–water partition coefficient (Wildman–Crippen LogP) is 5.55. The van der Waals surface area contributed by atoms with E-state index in [4.69, 9.17) is 26.1 Å². The zero-order valence-electron chi connectivity index (χ0n) is 19.3. The van der Waals surface area contributed by atoms with Crippen LogP contribution in [0.15, 0.2) is 72.8 Å². The second-order valence-corrected chi connectivity index (χ2v) is 10.0. The van der Waals surface area contributed by atoms with Crippen molar-refractivity contribution in [1.82, 2.24) is 4.90 Å². The molecule has 1 atom stereocenters. The fourth-order valence-corrected chi connectivity index (χ4v) is 4.52. The minimum absolute atomic E-state index is 0.0601. The average Bonchev–Trinajstić information content (AvgIpc) is 2.85. The number of rotatable bonds is 9. The summed E-state index contributed by atoms with van der Waals surface area (Å²) in [6.45, 7) is 1.51. The number of ether oxygens (including phenoxy) is 1. The summed E-state index contributed by atoms with van der Waals surface area (Å²) in [5.41, 5.74) is -4.48. The summed E-state index contributed by atoms with van der Waals surface area (Å²) in [4.78, 5) is 45.9. The number of alkyl halides is 2. The number of amides is 1. The highest BCUT2D eigenvalue weighted by molar-refractivity contribution is 7.52. The maximum absolute atomic E-state index is 14.2. The van der Waals surface area contributed by atoms with Crippen LogP contribution in [0.1, 0.15) is 40.0 Å². The molecule has 0 bridgehead atoms. The molecule has 0 aliphatic rings. The molecular formula is C25H23ClF2NO6P. The van der Waals surface area contributed by atoms with Crippen molar-refractivity contribution in [2.75, 3.05) is 7.11 Å². The fourth-order valence-electron chi connectivity index (χ4n) is 3.63. The van der Waals surface area contributed by atoms with Crippen molar-refractivity contribution >= 4 is 30.9 Å². The van der Waals surface area contributed by atoms with Crippen LogP contribution >= 0.6 is 19.2 Å². The van der Waals surface area contributed by atoms with Gasteiger partial charge in [-0.3, -0.25) is 14.2 Å². The third-order valence-corrected chi connectivity index (χ3v) is 6.92. The first kappa shape index (κ1) is 27.5. The molecule has 0 saturated heterocycles. The highest BCUT2D eigenvalue weighted by atomic mass is 35.5. The zero-order chi connectivity index (χ0) is 26.7. The van der Waals surface area contributed by atoms with Gasteiger partial charge in [-0.1, -0.05) is 66.2 Å². The lowest BCUT2D eigenvalue weighted by Crippen LogP contribution is -2.38. The monoisotopic (exact) mass is 537 g/mol. The van der Waals surface area contributed by atoms with Gasteiger partial charge in [-0.05, 0) is 36.2 Å². The Labute approximate surface area is 211 Å². The van der Waals surface area contributed by atoms with Gasteiger partial charge in [0.1, 0.15) is 5.75 Å². The van der Waals surface area contributed by atoms with Crippen molar-refractivity contribution in [1.29, 1.82) is 0 Å². The summed E-state index contributed by atoms with van der Waals surface area (Å²) in [7, 11) is -4.45. The number of halogens is 3. The standard InChI is InChI=1S/C25H23ClF2NO6P/c1-16(18-8-4-3-5-9-18)29(24(31)23(30)19-10-6-7-11-22(19)35-2)15-17-12-13-20(21(26)14-17)25(27,28)36(32,33)34/h3-14,16H,15H2,1-2H3,(H2,32,33,34). The van der Waals surface area contributed by atoms with Gasteiger partial charge in [-0.15, -0.1) is 0 Å². The topological polar surface area (TPSA) is 104 Å². The quantitative estimate of drug-likeness (QED) is 0.211. The van der Waals surface area contributed by atoms with Crippen molar-refractivity contribution in [2.24, 2.45) is 0 Å². The number of carbonyl (C=O) groups excluding carboxylic acids is 2. The minimum atomic E-state index is -5.83. The molecule has 11 heteroatoms. The Morgan fingerprint density at radius 3 is 2.25 bits per heavy atom. The van der Waals surface area contributed by atoms with E-state index in [0.29, 0.717) is 0 Å². The summed E-state index contributed by atoms with van der Waals surface area (Å²) < 4.78 is 44.8. The van der Waals surface area contributed by atoms with Crippen molar-refractivity contribution < 1.29 is 37.5 Å². The van der Waals surface area contributed by atoms with Gasteiger partial charge >= 0.3 is 13.3 Å². The van der Waals surface area contributed by atoms with Gasteiger partial charge in [0, 0.05) is 6.54 Å². The molecule has 7 nitrogen and oxygen atoms in total. The SMILES string of the molecule is COc1ccccc1C(=O)C(=O)N(Cc1ccc(C(F)(F)P(=O)(O)O)c(Cl)c1)C(C)c1ccccc1. The van der Waals surface area contributed by atoms with E-state index in [0.717, 1.165) is 17.7 Å². The Morgan fingerprint density at radius 1 is 1.06 bits per heavy atom. The second-order valence-electron chi connectivity index (χ2n) is 7.95. The summed E-state index contributed by atoms with van der Waals surface area (Å²) in [6, 6.07) is 17.6. The van der Waals surface area contributed by atoms with Gasteiger partial charge in [0.25, 0.3) is 11.7 Å². The maximum Gasteiger partial charge on any atom is 0.399 e. The van der Waals surface area contributed by atoms with Gasteiger partial charge in [0.05, 0.1) is 29.3 Å². The Kier molecular flexibility index (Phi) is 8.31. The van der Waals surface area contributed by atoms with Crippen LogP contribution < -0.4 is 4.74 Å². The number of Topliss-reactive ketones (excluding diaryl/α,β-unsaturated/α-hetero) is 1. The molecule has 0 aromatic heterocycles. The van der Waals surface area contributed by atoms with E-state index in [1.807, 2.05) is 0 Å². The Balaban J connectivity index is 2.01. The Bertz CT molecular complexity index is 1310. The van der Waals surface area contributed by atoms with Gasteiger partial charge < -0.3 is 19.4 Å². The molecule has 3 aromatic rings. The van der Waals surface area contributed by atoms with Crippen molar-refractivity contribution in [3.63, 3.8) is 0 Å². The van der Waals surface area contributed by atoms with Crippen LogP contribution in [0, 0.1) is 0 Å². The van der Waals surface area contributed by atoms with Crippen LogP contribution in [-0.2, 0) is 21.6 Å². The number of para-hydroxylation sites is 1. The normalized spacial score (nSPS) is 12.6. The molecule has 36 heavy (non-hydrogen) atoms. The largest absolute Gasteiger partial charge is 0.496 e. The smallest absolute Gasteiger partial charge is 0.399 e. The number of hydrogen-bond acceptors (Lipinski definition) is 4. The predicted molar refractivity (Wildman–Crippen MR) is 130 cm³/mol. The van der Waals surface area contributed by atoms with Crippen LogP contribution in [0.3, 0.4) is 0 Å². The van der Waals surface area contributed by atoms with E-state index in [1.54, 1.807) is 55.5 Å². The molecule has 3 aromatic carbocycles. The molecule has 0 heterocycles. The van der Waals surface area contributed by atoms with E-state index in [1.165, 1.54) is 24.1 Å². The highest BCUT2D eigenvalue weighted by Gasteiger charge is 2.51. The van der Waals surface area contributed by atoms with E-state index in [-0.39, 0.29) is 23.4 Å². The summed E-state index contributed by atoms with van der Waals surface area (Å²) >= 11 is 5.97. The molecule has 190 valence electrons. The summed E-state index contributed by atoms with van der Waals surface area (Å²) in [6.07, 6.45) is 0. The lowest BCUT2D eigenvalue weighted by atomic mass is 10.0. The number of carbonyl (C=O) groups is 2. The van der Waals surface area contributed by atoms with Gasteiger partial charge in [0.15, 0.2) is 0 Å². The minimum Gasteiger partial charge on any atom is -0.496 e. The lowest BCUT2D eigenvalue weighted by Gasteiger charge is -2.30. The molecule has 0 aliphatic carbocycles. The fraction of sp³-hybridized carbons (Fsp3) is 0.200. The first-order chi connectivity index (χ1) is 16.9. The van der Waals surface area contributed by atoms with E-state index in [9.17, 15) is 22.9 Å². The van der Waals surface area contributed by atoms with Gasteiger partial charge in [0.2, 0.25) is 0 Å². The number of benzene rings is 3. The average molecular weight is 538 g/mol. The number of hydrogen-bond donors (Lipinski definition) is 2. The summed E-state index contributed by atoms with van der Waals surface area (Å²) in [5.74, 6) is -1.47. The third-order valence-electron chi connectivity index (χ3n) is 5.63. The van der Waals surface area contributed by atoms with E-state index in [2.05, 4.69) is 0 Å². The molecule has 0 fully saturated rings. The zero-order valence-corrected chi connectivity index (χ0v) is 20.9. The number of methoxy groups -OCH3 is 1. The van der Waals surface area contributed by atoms with Gasteiger partial charge in [-0.2, -0.15) is 8.78 Å². The Hall–Kier alpha value is -3.10. The second kappa shape index (κ2) is 10.9. The van der Waals surface area contributed by atoms with E-state index >= 15 is 0 Å². The first-order valence-corrected chi connectivity index (χ1v) is 12.6.